The number of ether oxygens (including phenoxy) is 2. The zero-order chi connectivity index (χ0) is 11.1. The molecule has 0 aromatic heterocycles. The molecule has 2 unspecified atom stereocenters. The fraction of sp³-hybridized carbons (Fsp3) is 0.500. The number of phenols is 2. The van der Waals surface area contributed by atoms with Crippen molar-refractivity contribution in [3.05, 3.63) is 23.3 Å². The van der Waals surface area contributed by atoms with Crippen LogP contribution in [0.15, 0.2) is 12.1 Å². The van der Waals surface area contributed by atoms with Gasteiger partial charge in [0.25, 0.3) is 0 Å². The van der Waals surface area contributed by atoms with Crippen molar-refractivity contribution in [1.29, 1.82) is 0 Å². The van der Waals surface area contributed by atoms with E-state index in [-0.39, 0.29) is 23.7 Å². The monoisotopic (exact) mass is 222 g/mol. The average molecular weight is 222 g/mol. The molecule has 2 aliphatic heterocycles. The zero-order valence-corrected chi connectivity index (χ0v) is 8.85. The topological polar surface area (TPSA) is 65.5 Å². The molecule has 0 radical (unpaired) electrons. The second-order valence-corrected chi connectivity index (χ2v) is 4.43. The smallest absolute Gasteiger partial charge is 0.122 e. The van der Waals surface area contributed by atoms with Crippen LogP contribution in [0.25, 0.3) is 0 Å². The Balaban J connectivity index is 1.83. The van der Waals surface area contributed by atoms with Gasteiger partial charge in [-0.1, -0.05) is 0 Å². The van der Waals surface area contributed by atoms with Crippen molar-refractivity contribution in [2.75, 3.05) is 13.2 Å². The van der Waals surface area contributed by atoms with Crippen molar-refractivity contribution in [1.82, 2.24) is 0 Å². The summed E-state index contributed by atoms with van der Waals surface area (Å²) in [5, 5.41) is 19.4. The third-order valence-electron chi connectivity index (χ3n) is 2.98. The molecule has 0 bridgehead atoms. The number of benzene rings is 1. The molecule has 1 aromatic carbocycles. The molecule has 2 aliphatic rings. The van der Waals surface area contributed by atoms with Crippen LogP contribution in [0.2, 0.25) is 0 Å². The summed E-state index contributed by atoms with van der Waals surface area (Å²) in [7, 11) is 0. The summed E-state index contributed by atoms with van der Waals surface area (Å²) >= 11 is 0. The number of rotatable bonds is 4. The van der Waals surface area contributed by atoms with Crippen LogP contribution < -0.4 is 0 Å². The first-order chi connectivity index (χ1) is 7.72. The summed E-state index contributed by atoms with van der Waals surface area (Å²) in [5.74, 6) is 0.293. The minimum Gasteiger partial charge on any atom is -0.508 e. The number of hydrogen-bond donors (Lipinski definition) is 2. The molecular formula is C12H14O4. The summed E-state index contributed by atoms with van der Waals surface area (Å²) in [6.07, 6.45) is 1.90. The van der Waals surface area contributed by atoms with Gasteiger partial charge in [0.15, 0.2) is 0 Å². The van der Waals surface area contributed by atoms with E-state index in [4.69, 9.17) is 9.47 Å². The van der Waals surface area contributed by atoms with Gasteiger partial charge in [-0.05, 0) is 17.2 Å². The molecule has 2 saturated heterocycles. The fourth-order valence-corrected chi connectivity index (χ4v) is 1.86. The Kier molecular flexibility index (Phi) is 2.26. The first-order valence-corrected chi connectivity index (χ1v) is 5.49. The fourth-order valence-electron chi connectivity index (χ4n) is 1.86. The highest BCUT2D eigenvalue weighted by molar-refractivity contribution is 5.46. The van der Waals surface area contributed by atoms with Crippen molar-refractivity contribution in [2.24, 2.45) is 0 Å². The maximum atomic E-state index is 9.70. The lowest BCUT2D eigenvalue weighted by Crippen LogP contribution is -1.98. The van der Waals surface area contributed by atoms with Crippen LogP contribution in [0.3, 0.4) is 0 Å². The second kappa shape index (κ2) is 3.64. The normalized spacial score (nSPS) is 26.8. The molecule has 16 heavy (non-hydrogen) atoms. The minimum absolute atomic E-state index is 0.147. The van der Waals surface area contributed by atoms with Gasteiger partial charge in [0.1, 0.15) is 11.5 Å². The van der Waals surface area contributed by atoms with Crippen LogP contribution >= 0.6 is 0 Å². The largest absolute Gasteiger partial charge is 0.508 e. The number of phenolic OH excluding ortho intramolecular Hbond substituents is 2. The lowest BCUT2D eigenvalue weighted by molar-refractivity contribution is 0.395. The number of hydrogen-bond acceptors (Lipinski definition) is 4. The Morgan fingerprint density at radius 1 is 0.938 bits per heavy atom. The summed E-state index contributed by atoms with van der Waals surface area (Å²) < 4.78 is 10.3. The molecule has 4 nitrogen and oxygen atoms in total. The van der Waals surface area contributed by atoms with E-state index in [9.17, 15) is 10.2 Å². The van der Waals surface area contributed by atoms with Gasteiger partial charge in [-0.15, -0.1) is 0 Å². The van der Waals surface area contributed by atoms with E-state index in [1.165, 1.54) is 6.07 Å². The van der Waals surface area contributed by atoms with Crippen LogP contribution in [0.4, 0.5) is 0 Å². The van der Waals surface area contributed by atoms with Gasteiger partial charge in [-0.2, -0.15) is 0 Å². The molecule has 0 saturated carbocycles. The van der Waals surface area contributed by atoms with Gasteiger partial charge in [-0.3, -0.25) is 0 Å². The van der Waals surface area contributed by atoms with Crippen LogP contribution in [-0.4, -0.2) is 35.6 Å². The summed E-state index contributed by atoms with van der Waals surface area (Å²) in [4.78, 5) is 0. The van der Waals surface area contributed by atoms with Crippen LogP contribution in [0.1, 0.15) is 11.1 Å². The van der Waals surface area contributed by atoms with Gasteiger partial charge in [0.05, 0.1) is 25.4 Å². The Hall–Kier alpha value is -1.26. The van der Waals surface area contributed by atoms with Gasteiger partial charge >= 0.3 is 0 Å². The van der Waals surface area contributed by atoms with Crippen molar-refractivity contribution in [2.45, 2.75) is 25.0 Å². The summed E-state index contributed by atoms with van der Waals surface area (Å²) in [6.45, 7) is 1.53. The second-order valence-electron chi connectivity index (χ2n) is 4.43. The Labute approximate surface area is 93.4 Å². The predicted octanol–water partition coefficient (Wildman–Crippen LogP) is 0.980. The molecule has 0 spiro atoms. The van der Waals surface area contributed by atoms with Crippen LogP contribution in [0, 0.1) is 0 Å². The maximum absolute atomic E-state index is 9.70. The van der Waals surface area contributed by atoms with Crippen molar-refractivity contribution < 1.29 is 19.7 Å². The SMILES string of the molecule is Oc1cc(O)c(CC2CO2)cc1CC1CO1. The molecule has 3 rings (SSSR count). The Morgan fingerprint density at radius 2 is 1.38 bits per heavy atom. The highest BCUT2D eigenvalue weighted by Crippen LogP contribution is 2.32. The van der Waals surface area contributed by atoms with Crippen molar-refractivity contribution in [3.63, 3.8) is 0 Å². The third-order valence-corrected chi connectivity index (χ3v) is 2.98. The lowest BCUT2D eigenvalue weighted by atomic mass is 10.0. The number of epoxide rings is 2. The van der Waals surface area contributed by atoms with Gasteiger partial charge in [0.2, 0.25) is 0 Å². The van der Waals surface area contributed by atoms with Crippen LogP contribution in [-0.2, 0) is 22.3 Å². The summed E-state index contributed by atoms with van der Waals surface area (Å²) in [5.41, 5.74) is 1.69. The summed E-state index contributed by atoms with van der Waals surface area (Å²) in [6, 6.07) is 3.27. The molecule has 2 atom stereocenters. The first-order valence-electron chi connectivity index (χ1n) is 5.49. The van der Waals surface area contributed by atoms with Gasteiger partial charge in [-0.25, -0.2) is 0 Å². The van der Waals surface area contributed by atoms with Crippen molar-refractivity contribution >= 4 is 0 Å². The van der Waals surface area contributed by atoms with Gasteiger partial charge in [0, 0.05) is 18.9 Å². The number of aromatic hydroxyl groups is 2. The molecule has 2 N–H and O–H groups in total. The van der Waals surface area contributed by atoms with Crippen molar-refractivity contribution in [3.8, 4) is 11.5 Å². The standard InChI is InChI=1S/C12H14O4/c13-11-4-12(14)8(3-10-6-16-10)1-7(11)2-9-5-15-9/h1,4,9-10,13-14H,2-3,5-6H2. The minimum atomic E-state index is 0.147. The molecule has 2 fully saturated rings. The lowest BCUT2D eigenvalue weighted by Gasteiger charge is -2.08. The molecule has 86 valence electrons. The highest BCUT2D eigenvalue weighted by Gasteiger charge is 2.27. The molecule has 4 heteroatoms. The Morgan fingerprint density at radius 3 is 1.75 bits per heavy atom. The quantitative estimate of drug-likeness (QED) is 0.745. The third kappa shape index (κ3) is 2.13. The molecule has 1 aromatic rings. The maximum Gasteiger partial charge on any atom is 0.122 e. The molecule has 2 heterocycles. The van der Waals surface area contributed by atoms with E-state index in [1.807, 2.05) is 6.07 Å². The Bertz CT molecular complexity index is 372. The average Bonchev–Trinajstić information content (AvgIpc) is 3.08. The predicted molar refractivity (Wildman–Crippen MR) is 56.7 cm³/mol. The molecular weight excluding hydrogens is 208 g/mol. The van der Waals surface area contributed by atoms with E-state index in [0.717, 1.165) is 24.3 Å². The van der Waals surface area contributed by atoms with Gasteiger partial charge < -0.3 is 19.7 Å². The van der Waals surface area contributed by atoms with E-state index >= 15 is 0 Å². The molecule has 0 aliphatic carbocycles. The zero-order valence-electron chi connectivity index (χ0n) is 8.85. The van der Waals surface area contributed by atoms with E-state index in [0.29, 0.717) is 12.8 Å². The van der Waals surface area contributed by atoms with E-state index in [1.54, 1.807) is 0 Å². The highest BCUT2D eigenvalue weighted by atomic mass is 16.6. The van der Waals surface area contributed by atoms with E-state index in [2.05, 4.69) is 0 Å². The molecule has 0 amide bonds. The van der Waals surface area contributed by atoms with Crippen LogP contribution in [0.5, 0.6) is 11.5 Å². The van der Waals surface area contributed by atoms with E-state index < -0.39 is 0 Å². The first kappa shape index (κ1) is 9.93.